The number of carbonyl (C=O) groups is 2. The zero-order valence-electron chi connectivity index (χ0n) is 14.6. The van der Waals surface area contributed by atoms with Gasteiger partial charge in [0.2, 0.25) is 0 Å². The second-order valence-electron chi connectivity index (χ2n) is 6.93. The second-order valence-corrected chi connectivity index (χ2v) is 6.93. The van der Waals surface area contributed by atoms with Gasteiger partial charge in [-0.2, -0.15) is 0 Å². The van der Waals surface area contributed by atoms with Crippen molar-refractivity contribution in [2.75, 3.05) is 39.8 Å². The lowest BCUT2D eigenvalue weighted by Crippen LogP contribution is -2.54. The van der Waals surface area contributed by atoms with Gasteiger partial charge in [-0.1, -0.05) is 30.3 Å². The Morgan fingerprint density at radius 1 is 1.17 bits per heavy atom. The number of hydrogen-bond donors (Lipinski definition) is 0. The van der Waals surface area contributed by atoms with E-state index in [4.69, 9.17) is 0 Å². The van der Waals surface area contributed by atoms with Crippen LogP contribution in [0.2, 0.25) is 0 Å². The van der Waals surface area contributed by atoms with Crippen LogP contribution in [-0.4, -0.2) is 61.3 Å². The van der Waals surface area contributed by atoms with Crippen LogP contribution in [0.25, 0.3) is 0 Å². The maximum absolute atomic E-state index is 12.6. The van der Waals surface area contributed by atoms with Crippen molar-refractivity contribution in [2.45, 2.75) is 32.1 Å². The van der Waals surface area contributed by atoms with Crippen molar-refractivity contribution in [1.82, 2.24) is 4.90 Å². The molecule has 4 heteroatoms. The summed E-state index contributed by atoms with van der Waals surface area (Å²) in [5, 5.41) is 0. The van der Waals surface area contributed by atoms with Crippen LogP contribution in [0.5, 0.6) is 0 Å². The van der Waals surface area contributed by atoms with Crippen molar-refractivity contribution in [1.29, 1.82) is 0 Å². The zero-order valence-corrected chi connectivity index (χ0v) is 14.6. The second kappa shape index (κ2) is 7.26. The van der Waals surface area contributed by atoms with E-state index in [0.29, 0.717) is 32.5 Å². The Balaban J connectivity index is 2.03. The Bertz CT molecular complexity index is 530. The minimum absolute atomic E-state index is 0.212. The smallest absolute Gasteiger partial charge is 0.277 e. The first kappa shape index (κ1) is 17.7. The number of hydrogen-bond acceptors (Lipinski definition) is 2. The largest absolute Gasteiger partial charge is 0.338 e. The third kappa shape index (κ3) is 3.81. The number of nitrogens with zero attached hydrogens (tertiary/aromatic N) is 2. The predicted molar refractivity (Wildman–Crippen MR) is 92.1 cm³/mol. The molecule has 0 unspecified atom stereocenters. The first-order valence-corrected chi connectivity index (χ1v) is 8.62. The van der Waals surface area contributed by atoms with Crippen LogP contribution in [0.1, 0.15) is 32.3 Å². The van der Waals surface area contributed by atoms with Gasteiger partial charge < -0.3 is 14.2 Å². The molecule has 0 bridgehead atoms. The summed E-state index contributed by atoms with van der Waals surface area (Å²) in [5.41, 5.74) is 0.649. The summed E-state index contributed by atoms with van der Waals surface area (Å²) in [4.78, 5) is 26.3. The first-order chi connectivity index (χ1) is 11.0. The van der Waals surface area contributed by atoms with Gasteiger partial charge in [0.25, 0.3) is 5.91 Å². The first-order valence-electron chi connectivity index (χ1n) is 8.62. The fraction of sp³-hybridized carbons (Fsp3) is 0.579. The number of benzene rings is 1. The van der Waals surface area contributed by atoms with E-state index in [1.807, 2.05) is 35.2 Å². The molecule has 0 N–H and O–H groups in total. The summed E-state index contributed by atoms with van der Waals surface area (Å²) < 4.78 is 0.771. The fourth-order valence-corrected chi connectivity index (χ4v) is 3.27. The molecule has 1 saturated heterocycles. The molecule has 1 aromatic rings. The van der Waals surface area contributed by atoms with E-state index < -0.39 is 5.41 Å². The highest BCUT2D eigenvalue weighted by molar-refractivity contribution is 5.78. The van der Waals surface area contributed by atoms with Crippen LogP contribution < -0.4 is 0 Å². The number of quaternary nitrogens is 1. The molecule has 126 valence electrons. The van der Waals surface area contributed by atoms with Gasteiger partial charge in [-0.15, -0.1) is 0 Å². The molecular formula is C19H29N2O2+. The highest BCUT2D eigenvalue weighted by atomic mass is 16.2. The van der Waals surface area contributed by atoms with Crippen molar-refractivity contribution >= 4 is 12.2 Å². The van der Waals surface area contributed by atoms with E-state index >= 15 is 0 Å². The molecule has 0 radical (unpaired) electrons. The van der Waals surface area contributed by atoms with Gasteiger partial charge in [-0.25, -0.2) is 0 Å². The summed E-state index contributed by atoms with van der Waals surface area (Å²) in [6, 6.07) is 9.96. The lowest BCUT2D eigenvalue weighted by atomic mass is 9.74. The highest BCUT2D eigenvalue weighted by Gasteiger charge is 2.38. The minimum Gasteiger partial charge on any atom is -0.338 e. The molecule has 1 aliphatic rings. The predicted octanol–water partition coefficient (Wildman–Crippen LogP) is 2.23. The van der Waals surface area contributed by atoms with Gasteiger partial charge in [-0.3, -0.25) is 4.79 Å². The lowest BCUT2D eigenvalue weighted by molar-refractivity contribution is -0.898. The topological polar surface area (TPSA) is 37.4 Å². The normalized spacial score (nSPS) is 17.8. The maximum Gasteiger partial charge on any atom is 0.277 e. The summed E-state index contributed by atoms with van der Waals surface area (Å²) >= 11 is 0. The van der Waals surface area contributed by atoms with Gasteiger partial charge in [0.15, 0.2) is 6.54 Å². The van der Waals surface area contributed by atoms with Crippen LogP contribution in [0, 0.1) is 0 Å². The van der Waals surface area contributed by atoms with Crippen LogP contribution in [-0.2, 0) is 15.0 Å². The number of likely N-dealkylation sites (tertiary alicyclic amines) is 1. The standard InChI is InChI=1S/C19H29N2O2/c1-4-21(3,5-2)15-18(23)20-13-11-19(16-22,12-14-20)17-9-7-6-8-10-17/h6-10,16H,4-5,11-15H2,1-3H3/q+1. The average molecular weight is 317 g/mol. The van der Waals surface area contributed by atoms with Crippen LogP contribution in [0.3, 0.4) is 0 Å². The quantitative estimate of drug-likeness (QED) is 0.596. The number of likely N-dealkylation sites (N-methyl/N-ethyl adjacent to an activating group) is 1. The van der Waals surface area contributed by atoms with Crippen LogP contribution >= 0.6 is 0 Å². The SMILES string of the molecule is CC[N+](C)(CC)CC(=O)N1CCC(C=O)(c2ccccc2)CC1. The third-order valence-electron chi connectivity index (χ3n) is 5.63. The zero-order chi connectivity index (χ0) is 16.9. The summed E-state index contributed by atoms with van der Waals surface area (Å²) in [7, 11) is 2.13. The van der Waals surface area contributed by atoms with Crippen molar-refractivity contribution in [3.8, 4) is 0 Å². The molecule has 1 aliphatic heterocycles. The number of rotatable bonds is 6. The molecule has 23 heavy (non-hydrogen) atoms. The Labute approximate surface area is 139 Å². The average Bonchev–Trinajstić information content (AvgIpc) is 2.62. The van der Waals surface area contributed by atoms with Gasteiger partial charge in [-0.05, 0) is 32.3 Å². The van der Waals surface area contributed by atoms with E-state index in [1.54, 1.807) is 0 Å². The van der Waals surface area contributed by atoms with E-state index in [9.17, 15) is 9.59 Å². The van der Waals surface area contributed by atoms with Gasteiger partial charge >= 0.3 is 0 Å². The molecule has 0 saturated carbocycles. The molecule has 0 aliphatic carbocycles. The summed E-state index contributed by atoms with van der Waals surface area (Å²) in [6.07, 6.45) is 2.52. The van der Waals surface area contributed by atoms with Crippen LogP contribution in [0.4, 0.5) is 0 Å². The molecular weight excluding hydrogens is 288 g/mol. The number of carbonyl (C=O) groups excluding carboxylic acids is 2. The lowest BCUT2D eigenvalue weighted by Gasteiger charge is -2.40. The van der Waals surface area contributed by atoms with Crippen molar-refractivity contribution < 1.29 is 14.1 Å². The van der Waals surface area contributed by atoms with Crippen LogP contribution in [0.15, 0.2) is 30.3 Å². The minimum atomic E-state index is -0.425. The van der Waals surface area contributed by atoms with E-state index in [2.05, 4.69) is 20.9 Å². The summed E-state index contributed by atoms with van der Waals surface area (Å²) in [5.74, 6) is 0.212. The van der Waals surface area contributed by atoms with E-state index in [0.717, 1.165) is 29.4 Å². The molecule has 0 atom stereocenters. The monoisotopic (exact) mass is 317 g/mol. The Morgan fingerprint density at radius 2 is 1.74 bits per heavy atom. The van der Waals surface area contributed by atoms with Crippen molar-refractivity contribution in [3.63, 3.8) is 0 Å². The fourth-order valence-electron chi connectivity index (χ4n) is 3.27. The van der Waals surface area contributed by atoms with Gasteiger partial charge in [0, 0.05) is 13.1 Å². The van der Waals surface area contributed by atoms with Gasteiger partial charge in [0.1, 0.15) is 6.29 Å². The summed E-state index contributed by atoms with van der Waals surface area (Å²) in [6.45, 7) is 8.04. The molecule has 1 fully saturated rings. The van der Waals surface area contributed by atoms with Gasteiger partial charge in [0.05, 0.1) is 25.6 Å². The number of aldehydes is 1. The molecule has 2 rings (SSSR count). The maximum atomic E-state index is 12.6. The van der Waals surface area contributed by atoms with E-state index in [-0.39, 0.29) is 5.91 Å². The molecule has 1 amide bonds. The highest BCUT2D eigenvalue weighted by Crippen LogP contribution is 2.33. The molecule has 1 aromatic carbocycles. The van der Waals surface area contributed by atoms with Crippen molar-refractivity contribution in [3.05, 3.63) is 35.9 Å². The van der Waals surface area contributed by atoms with Crippen molar-refractivity contribution in [2.24, 2.45) is 0 Å². The number of amides is 1. The molecule has 1 heterocycles. The Hall–Kier alpha value is -1.68. The number of piperidine rings is 1. The Kier molecular flexibility index (Phi) is 5.58. The Morgan fingerprint density at radius 3 is 2.22 bits per heavy atom. The molecule has 0 aromatic heterocycles. The molecule has 4 nitrogen and oxygen atoms in total. The molecule has 0 spiro atoms. The van der Waals surface area contributed by atoms with E-state index in [1.165, 1.54) is 0 Å². The third-order valence-corrected chi connectivity index (χ3v) is 5.63.